The Kier molecular flexibility index (Phi) is 2.81. The number of hydrogen-bond acceptors (Lipinski definition) is 3. The van der Waals surface area contributed by atoms with Gasteiger partial charge in [-0.2, -0.15) is 5.10 Å². The number of rotatable bonds is 3. The van der Waals surface area contributed by atoms with Crippen LogP contribution >= 0.6 is 0 Å². The molecule has 2 aromatic heterocycles. The SMILES string of the molecule is Cc1cn(-c2ccccc2)nc1-c1cnc(C2CC2)nc1. The molecule has 1 saturated carbocycles. The highest BCUT2D eigenvalue weighted by Crippen LogP contribution is 2.38. The largest absolute Gasteiger partial charge is 0.240 e. The van der Waals surface area contributed by atoms with Crippen molar-refractivity contribution in [2.24, 2.45) is 0 Å². The Balaban J connectivity index is 1.70. The zero-order valence-corrected chi connectivity index (χ0v) is 11.9. The van der Waals surface area contributed by atoms with Crippen LogP contribution in [0.2, 0.25) is 0 Å². The second kappa shape index (κ2) is 4.81. The second-order valence-electron chi connectivity index (χ2n) is 5.55. The number of aryl methyl sites for hydroxylation is 1. The zero-order chi connectivity index (χ0) is 14.2. The summed E-state index contributed by atoms with van der Waals surface area (Å²) in [6, 6.07) is 10.1. The number of hydrogen-bond donors (Lipinski definition) is 0. The van der Waals surface area contributed by atoms with Gasteiger partial charge < -0.3 is 0 Å². The zero-order valence-electron chi connectivity index (χ0n) is 11.9. The lowest BCUT2D eigenvalue weighted by molar-refractivity contribution is 0.880. The molecule has 4 nitrogen and oxygen atoms in total. The molecule has 0 radical (unpaired) electrons. The van der Waals surface area contributed by atoms with Crippen molar-refractivity contribution in [3.63, 3.8) is 0 Å². The third kappa shape index (κ3) is 2.33. The van der Waals surface area contributed by atoms with Crippen LogP contribution in [0, 0.1) is 6.92 Å². The van der Waals surface area contributed by atoms with Gasteiger partial charge in [-0.1, -0.05) is 18.2 Å². The molecule has 21 heavy (non-hydrogen) atoms. The van der Waals surface area contributed by atoms with Crippen LogP contribution in [0.15, 0.2) is 48.9 Å². The minimum absolute atomic E-state index is 0.585. The first-order valence-electron chi connectivity index (χ1n) is 7.25. The minimum Gasteiger partial charge on any atom is -0.240 e. The Labute approximate surface area is 123 Å². The molecular weight excluding hydrogens is 260 g/mol. The van der Waals surface area contributed by atoms with Crippen LogP contribution in [-0.4, -0.2) is 19.7 Å². The van der Waals surface area contributed by atoms with Crippen LogP contribution in [0.3, 0.4) is 0 Å². The van der Waals surface area contributed by atoms with E-state index in [0.29, 0.717) is 5.92 Å². The Bertz CT molecular complexity index is 755. The fraction of sp³-hybridized carbons (Fsp3) is 0.235. The summed E-state index contributed by atoms with van der Waals surface area (Å²) in [5.41, 5.74) is 4.11. The van der Waals surface area contributed by atoms with Crippen LogP contribution in [0.4, 0.5) is 0 Å². The molecule has 4 rings (SSSR count). The van der Waals surface area contributed by atoms with E-state index in [1.54, 1.807) is 0 Å². The van der Waals surface area contributed by atoms with Crippen molar-refractivity contribution < 1.29 is 0 Å². The molecule has 1 aliphatic carbocycles. The lowest BCUT2D eigenvalue weighted by atomic mass is 10.2. The van der Waals surface area contributed by atoms with E-state index < -0.39 is 0 Å². The highest BCUT2D eigenvalue weighted by Gasteiger charge is 2.26. The lowest BCUT2D eigenvalue weighted by Gasteiger charge is -2.01. The van der Waals surface area contributed by atoms with E-state index in [9.17, 15) is 0 Å². The van der Waals surface area contributed by atoms with Gasteiger partial charge in [-0.25, -0.2) is 14.6 Å². The maximum Gasteiger partial charge on any atom is 0.131 e. The van der Waals surface area contributed by atoms with Gasteiger partial charge in [-0.3, -0.25) is 0 Å². The summed E-state index contributed by atoms with van der Waals surface area (Å²) in [4.78, 5) is 8.96. The van der Waals surface area contributed by atoms with Crippen LogP contribution in [0.25, 0.3) is 16.9 Å². The molecule has 0 saturated heterocycles. The molecular formula is C17H16N4. The molecule has 104 valence electrons. The normalized spacial score (nSPS) is 14.3. The van der Waals surface area contributed by atoms with Crippen molar-refractivity contribution in [2.75, 3.05) is 0 Å². The third-order valence-corrected chi connectivity index (χ3v) is 3.81. The first-order valence-corrected chi connectivity index (χ1v) is 7.25. The van der Waals surface area contributed by atoms with Gasteiger partial charge >= 0.3 is 0 Å². The van der Waals surface area contributed by atoms with Gasteiger partial charge in [0.15, 0.2) is 0 Å². The van der Waals surface area contributed by atoms with E-state index >= 15 is 0 Å². The standard InChI is InChI=1S/C17H16N4/c1-12-11-21(15-5-3-2-4-6-15)20-16(12)14-9-18-17(19-10-14)13-7-8-13/h2-6,9-11,13H,7-8H2,1H3. The monoisotopic (exact) mass is 276 g/mol. The predicted molar refractivity (Wildman–Crippen MR) is 81.3 cm³/mol. The predicted octanol–water partition coefficient (Wildman–Crippen LogP) is 3.52. The molecule has 0 amide bonds. The number of nitrogens with zero attached hydrogens (tertiary/aromatic N) is 4. The number of benzene rings is 1. The summed E-state index contributed by atoms with van der Waals surface area (Å²) >= 11 is 0. The van der Waals surface area contributed by atoms with Gasteiger partial charge in [0.05, 0.1) is 11.4 Å². The molecule has 2 heterocycles. The highest BCUT2D eigenvalue weighted by atomic mass is 15.3. The summed E-state index contributed by atoms with van der Waals surface area (Å²) in [6.07, 6.45) is 8.28. The molecule has 3 aromatic rings. The summed E-state index contributed by atoms with van der Waals surface area (Å²) in [7, 11) is 0. The van der Waals surface area contributed by atoms with Gasteiger partial charge in [0.1, 0.15) is 5.82 Å². The molecule has 0 unspecified atom stereocenters. The Hall–Kier alpha value is -2.49. The molecule has 1 aliphatic rings. The van der Waals surface area contributed by atoms with E-state index in [-0.39, 0.29) is 0 Å². The lowest BCUT2D eigenvalue weighted by Crippen LogP contribution is -1.95. The maximum absolute atomic E-state index is 4.68. The quantitative estimate of drug-likeness (QED) is 0.735. The van der Waals surface area contributed by atoms with E-state index in [2.05, 4.69) is 22.0 Å². The highest BCUT2D eigenvalue weighted by molar-refractivity contribution is 5.61. The van der Waals surface area contributed by atoms with Gasteiger partial charge in [0.2, 0.25) is 0 Å². The van der Waals surface area contributed by atoms with Gasteiger partial charge in [0, 0.05) is 30.1 Å². The molecule has 4 heteroatoms. The number of para-hydroxylation sites is 1. The van der Waals surface area contributed by atoms with Gasteiger partial charge in [-0.15, -0.1) is 0 Å². The molecule has 0 spiro atoms. The Morgan fingerprint density at radius 2 is 1.76 bits per heavy atom. The third-order valence-electron chi connectivity index (χ3n) is 3.81. The fourth-order valence-electron chi connectivity index (χ4n) is 2.47. The Morgan fingerprint density at radius 1 is 1.05 bits per heavy atom. The van der Waals surface area contributed by atoms with Gasteiger partial charge in [0.25, 0.3) is 0 Å². The topological polar surface area (TPSA) is 43.6 Å². The first-order chi connectivity index (χ1) is 10.3. The van der Waals surface area contributed by atoms with Crippen LogP contribution in [0.5, 0.6) is 0 Å². The van der Waals surface area contributed by atoms with E-state index in [4.69, 9.17) is 0 Å². The molecule has 1 aromatic carbocycles. The fourth-order valence-corrected chi connectivity index (χ4v) is 2.47. The Morgan fingerprint density at radius 3 is 2.43 bits per heavy atom. The van der Waals surface area contributed by atoms with Crippen LogP contribution in [0.1, 0.15) is 30.1 Å². The van der Waals surface area contributed by atoms with Crippen molar-refractivity contribution in [1.82, 2.24) is 19.7 Å². The number of aromatic nitrogens is 4. The first kappa shape index (κ1) is 12.3. The van der Waals surface area contributed by atoms with Gasteiger partial charge in [-0.05, 0) is 37.5 Å². The van der Waals surface area contributed by atoms with E-state index in [1.807, 2.05) is 53.6 Å². The summed E-state index contributed by atoms with van der Waals surface area (Å²) in [5, 5.41) is 4.68. The van der Waals surface area contributed by atoms with Crippen LogP contribution in [-0.2, 0) is 0 Å². The molecule has 0 atom stereocenters. The maximum atomic E-state index is 4.68. The smallest absolute Gasteiger partial charge is 0.131 e. The van der Waals surface area contributed by atoms with E-state index in [1.165, 1.54) is 12.8 Å². The van der Waals surface area contributed by atoms with Crippen LogP contribution < -0.4 is 0 Å². The minimum atomic E-state index is 0.585. The average Bonchev–Trinajstić information content (AvgIpc) is 3.31. The summed E-state index contributed by atoms with van der Waals surface area (Å²) < 4.78 is 1.90. The molecule has 0 bridgehead atoms. The second-order valence-corrected chi connectivity index (χ2v) is 5.55. The summed E-state index contributed by atoms with van der Waals surface area (Å²) in [5.74, 6) is 1.56. The van der Waals surface area contributed by atoms with Crippen molar-refractivity contribution in [2.45, 2.75) is 25.7 Å². The average molecular weight is 276 g/mol. The molecule has 0 aliphatic heterocycles. The molecule has 1 fully saturated rings. The van der Waals surface area contributed by atoms with Crippen molar-refractivity contribution >= 4 is 0 Å². The molecule has 0 N–H and O–H groups in total. The van der Waals surface area contributed by atoms with E-state index in [0.717, 1.165) is 28.3 Å². The summed E-state index contributed by atoms with van der Waals surface area (Å²) in [6.45, 7) is 2.07. The van der Waals surface area contributed by atoms with Crippen molar-refractivity contribution in [1.29, 1.82) is 0 Å². The van der Waals surface area contributed by atoms with Crippen molar-refractivity contribution in [3.05, 3.63) is 60.3 Å². The van der Waals surface area contributed by atoms with Crippen molar-refractivity contribution in [3.8, 4) is 16.9 Å².